The summed E-state index contributed by atoms with van der Waals surface area (Å²) >= 11 is 5.88. The molecule has 6 nitrogen and oxygen atoms in total. The highest BCUT2D eigenvalue weighted by Crippen LogP contribution is 2.26. The van der Waals surface area contributed by atoms with Crippen molar-refractivity contribution in [2.45, 2.75) is 12.5 Å². The molecule has 0 saturated carbocycles. The Morgan fingerprint density at radius 2 is 2.07 bits per heavy atom. The smallest absolute Gasteiger partial charge is 0.254 e. The van der Waals surface area contributed by atoms with E-state index in [4.69, 9.17) is 16.3 Å². The Labute approximate surface area is 172 Å². The number of benzene rings is 2. The largest absolute Gasteiger partial charge is 0.497 e. The molecule has 1 aromatic heterocycles. The summed E-state index contributed by atoms with van der Waals surface area (Å²) in [4.78, 5) is 14.5. The van der Waals surface area contributed by atoms with Gasteiger partial charge in [0.1, 0.15) is 11.6 Å². The Hall–Kier alpha value is -3.06. The first-order chi connectivity index (χ1) is 14.0. The van der Waals surface area contributed by atoms with Crippen LogP contribution in [0.5, 0.6) is 5.75 Å². The first-order valence-corrected chi connectivity index (χ1v) is 9.62. The molecule has 0 radical (unpaired) electrons. The molecule has 3 aromatic rings. The van der Waals surface area contributed by atoms with Crippen molar-refractivity contribution in [3.05, 3.63) is 64.9 Å². The highest BCUT2D eigenvalue weighted by atomic mass is 35.5. The van der Waals surface area contributed by atoms with Crippen molar-refractivity contribution in [2.24, 2.45) is 0 Å². The molecule has 2 aromatic carbocycles. The fourth-order valence-electron chi connectivity index (χ4n) is 3.41. The van der Waals surface area contributed by atoms with Crippen molar-refractivity contribution in [1.29, 1.82) is 0 Å². The van der Waals surface area contributed by atoms with Gasteiger partial charge in [-0.15, -0.1) is 0 Å². The van der Waals surface area contributed by atoms with Gasteiger partial charge in [0.2, 0.25) is 0 Å². The second kappa shape index (κ2) is 8.13. The van der Waals surface area contributed by atoms with E-state index in [1.54, 1.807) is 7.11 Å². The zero-order valence-corrected chi connectivity index (χ0v) is 16.5. The minimum Gasteiger partial charge on any atom is -0.497 e. The van der Waals surface area contributed by atoms with Crippen LogP contribution in [-0.4, -0.2) is 42.3 Å². The van der Waals surface area contributed by atoms with Gasteiger partial charge in [-0.1, -0.05) is 11.6 Å². The summed E-state index contributed by atoms with van der Waals surface area (Å²) in [5.41, 5.74) is 1.86. The second-order valence-corrected chi connectivity index (χ2v) is 7.33. The second-order valence-electron chi connectivity index (χ2n) is 6.90. The molecule has 1 fully saturated rings. The van der Waals surface area contributed by atoms with E-state index < -0.39 is 11.7 Å². The number of ether oxygens (including phenoxy) is 1. The van der Waals surface area contributed by atoms with Crippen LogP contribution < -0.4 is 15.0 Å². The number of hydrogen-bond acceptors (Lipinski definition) is 4. The van der Waals surface area contributed by atoms with E-state index in [0.717, 1.165) is 35.8 Å². The summed E-state index contributed by atoms with van der Waals surface area (Å²) in [5, 5.41) is 10.7. The molecule has 1 atom stereocenters. The molecule has 0 unspecified atom stereocenters. The quantitative estimate of drug-likeness (QED) is 0.664. The fourth-order valence-corrected chi connectivity index (χ4v) is 3.58. The van der Waals surface area contributed by atoms with Crippen LogP contribution in [0, 0.1) is 5.82 Å². The first-order valence-electron chi connectivity index (χ1n) is 9.24. The van der Waals surface area contributed by atoms with Gasteiger partial charge in [0.05, 0.1) is 18.4 Å². The number of amides is 1. The third-order valence-corrected chi connectivity index (χ3v) is 5.22. The van der Waals surface area contributed by atoms with E-state index in [2.05, 4.69) is 20.4 Å². The molecule has 1 amide bonds. The van der Waals surface area contributed by atoms with Crippen molar-refractivity contribution >= 4 is 23.3 Å². The zero-order chi connectivity index (χ0) is 20.4. The molecular weight excluding hydrogens is 395 g/mol. The van der Waals surface area contributed by atoms with E-state index in [9.17, 15) is 9.18 Å². The lowest BCUT2D eigenvalue weighted by molar-refractivity contribution is 0.0936. The highest BCUT2D eigenvalue weighted by Gasteiger charge is 2.26. The average molecular weight is 415 g/mol. The molecule has 0 bridgehead atoms. The maximum atomic E-state index is 13.9. The monoisotopic (exact) mass is 414 g/mol. The third kappa shape index (κ3) is 4.19. The number of anilines is 1. The normalized spacial score (nSPS) is 16.1. The van der Waals surface area contributed by atoms with Gasteiger partial charge < -0.3 is 15.0 Å². The molecule has 0 aliphatic carbocycles. The number of aromatic nitrogens is 2. The summed E-state index contributed by atoms with van der Waals surface area (Å²) in [6, 6.07) is 13.5. The summed E-state index contributed by atoms with van der Waals surface area (Å²) in [6.45, 7) is 1.34. The first kappa shape index (κ1) is 19.3. The minimum atomic E-state index is -0.585. The zero-order valence-electron chi connectivity index (χ0n) is 15.8. The molecule has 1 aliphatic rings. The fraction of sp³-hybridized carbons (Fsp3) is 0.238. The van der Waals surface area contributed by atoms with Crippen LogP contribution in [0.1, 0.15) is 16.8 Å². The van der Waals surface area contributed by atoms with E-state index in [0.29, 0.717) is 11.6 Å². The van der Waals surface area contributed by atoms with Crippen LogP contribution in [-0.2, 0) is 0 Å². The number of halogens is 2. The predicted octanol–water partition coefficient (Wildman–Crippen LogP) is 3.89. The van der Waals surface area contributed by atoms with Gasteiger partial charge in [-0.2, -0.15) is 5.10 Å². The Bertz CT molecular complexity index is 1020. The van der Waals surface area contributed by atoms with Gasteiger partial charge in [-0.3, -0.25) is 9.89 Å². The Morgan fingerprint density at radius 3 is 2.83 bits per heavy atom. The number of H-pyrrole nitrogens is 1. The van der Waals surface area contributed by atoms with Crippen molar-refractivity contribution in [3.63, 3.8) is 0 Å². The van der Waals surface area contributed by atoms with Crippen LogP contribution >= 0.6 is 11.6 Å². The maximum Gasteiger partial charge on any atom is 0.254 e. The lowest BCUT2D eigenvalue weighted by Crippen LogP contribution is -2.37. The SMILES string of the molecule is COc1ccc(-c2cc(N3CC[C@H](NC(=O)c4cc(Cl)ccc4F)C3)n[nH]2)cc1. The molecule has 150 valence electrons. The predicted molar refractivity (Wildman–Crippen MR) is 110 cm³/mol. The lowest BCUT2D eigenvalue weighted by Gasteiger charge is -2.16. The minimum absolute atomic E-state index is 0.0440. The lowest BCUT2D eigenvalue weighted by atomic mass is 10.1. The standard InChI is InChI=1S/C21H20ClFN4O2/c1-29-16-5-2-13(3-6-16)19-11-20(26-25-19)27-9-8-15(12-27)24-21(28)17-10-14(22)4-7-18(17)23/h2-7,10-11,15H,8-9,12H2,1H3,(H,24,28)(H,25,26)/t15-/m0/s1. The van der Waals surface area contributed by atoms with Crippen molar-refractivity contribution < 1.29 is 13.9 Å². The van der Waals surface area contributed by atoms with Crippen molar-refractivity contribution in [1.82, 2.24) is 15.5 Å². The number of carbonyl (C=O) groups is 1. The number of aromatic amines is 1. The number of nitrogens with zero attached hydrogens (tertiary/aromatic N) is 2. The molecule has 8 heteroatoms. The molecule has 2 N–H and O–H groups in total. The Morgan fingerprint density at radius 1 is 1.28 bits per heavy atom. The van der Waals surface area contributed by atoms with Crippen LogP contribution in [0.25, 0.3) is 11.3 Å². The molecule has 2 heterocycles. The van der Waals surface area contributed by atoms with Crippen LogP contribution in [0.4, 0.5) is 10.2 Å². The number of hydrogen-bond donors (Lipinski definition) is 2. The Balaban J connectivity index is 1.40. The van der Waals surface area contributed by atoms with E-state index in [-0.39, 0.29) is 11.6 Å². The maximum absolute atomic E-state index is 13.9. The van der Waals surface area contributed by atoms with Crippen molar-refractivity contribution in [3.8, 4) is 17.0 Å². The molecule has 1 aliphatic heterocycles. The number of rotatable bonds is 5. The summed E-state index contributed by atoms with van der Waals surface area (Å²) < 4.78 is 19.1. The van der Waals surface area contributed by atoms with Crippen LogP contribution in [0.15, 0.2) is 48.5 Å². The number of nitrogens with one attached hydrogen (secondary N) is 2. The molecule has 29 heavy (non-hydrogen) atoms. The summed E-state index contributed by atoms with van der Waals surface area (Å²) in [6.07, 6.45) is 0.749. The molecule has 1 saturated heterocycles. The van der Waals surface area contributed by atoms with Gasteiger partial charge in [-0.05, 0) is 54.4 Å². The average Bonchev–Trinajstić information content (AvgIpc) is 3.39. The van der Waals surface area contributed by atoms with Gasteiger partial charge in [0, 0.05) is 30.2 Å². The van der Waals surface area contributed by atoms with Gasteiger partial charge in [0.15, 0.2) is 5.82 Å². The van der Waals surface area contributed by atoms with Gasteiger partial charge >= 0.3 is 0 Å². The van der Waals surface area contributed by atoms with E-state index >= 15 is 0 Å². The summed E-state index contributed by atoms with van der Waals surface area (Å²) in [5.74, 6) is 0.556. The van der Waals surface area contributed by atoms with Crippen LogP contribution in [0.3, 0.4) is 0 Å². The van der Waals surface area contributed by atoms with E-state index in [1.807, 2.05) is 30.3 Å². The van der Waals surface area contributed by atoms with E-state index in [1.165, 1.54) is 18.2 Å². The number of carbonyl (C=O) groups excluding carboxylic acids is 1. The van der Waals surface area contributed by atoms with Gasteiger partial charge in [0.25, 0.3) is 5.91 Å². The van der Waals surface area contributed by atoms with Crippen molar-refractivity contribution in [2.75, 3.05) is 25.1 Å². The molecule has 4 rings (SSSR count). The molecule has 0 spiro atoms. The van der Waals surface area contributed by atoms with Crippen LogP contribution in [0.2, 0.25) is 5.02 Å². The third-order valence-electron chi connectivity index (χ3n) is 4.99. The highest BCUT2D eigenvalue weighted by molar-refractivity contribution is 6.31. The topological polar surface area (TPSA) is 70.2 Å². The Kier molecular flexibility index (Phi) is 5.40. The number of methoxy groups -OCH3 is 1. The molecular formula is C21H20ClFN4O2. The van der Waals surface area contributed by atoms with Gasteiger partial charge in [-0.25, -0.2) is 4.39 Å². The summed E-state index contributed by atoms with van der Waals surface area (Å²) in [7, 11) is 1.63.